The van der Waals surface area contributed by atoms with Crippen molar-refractivity contribution in [3.63, 3.8) is 0 Å². The lowest BCUT2D eigenvalue weighted by Gasteiger charge is -2.18. The third kappa shape index (κ3) is 5.85. The maximum atomic E-state index is 11.4. The van der Waals surface area contributed by atoms with Gasteiger partial charge in [-0.05, 0) is 31.0 Å². The predicted molar refractivity (Wildman–Crippen MR) is 81.9 cm³/mol. The van der Waals surface area contributed by atoms with Gasteiger partial charge in [-0.2, -0.15) is 0 Å². The molecule has 116 valence electrons. The standard InChI is InChI=1S/C16H23NO4/c1-4-20-16(19)9-7-13-6-8-15(21-11-5-10-18)14(12-13)17(2)3/h6,8,10,12H,4-5,7,9,11H2,1-3H3. The van der Waals surface area contributed by atoms with Crippen molar-refractivity contribution in [1.82, 2.24) is 0 Å². The number of aryl methyl sites for hydroxylation is 1. The van der Waals surface area contributed by atoms with Crippen molar-refractivity contribution >= 4 is 17.9 Å². The predicted octanol–water partition coefficient (Wildman–Crippen LogP) is 2.22. The molecule has 0 heterocycles. The number of hydrogen-bond donors (Lipinski definition) is 0. The summed E-state index contributed by atoms with van der Waals surface area (Å²) in [5.74, 6) is 0.553. The first-order chi connectivity index (χ1) is 10.1. The monoisotopic (exact) mass is 293 g/mol. The second-order valence-electron chi connectivity index (χ2n) is 4.81. The van der Waals surface area contributed by atoms with E-state index in [2.05, 4.69) is 0 Å². The van der Waals surface area contributed by atoms with Crippen LogP contribution in [-0.2, 0) is 20.7 Å². The van der Waals surface area contributed by atoms with Crippen LogP contribution in [0.1, 0.15) is 25.3 Å². The minimum atomic E-state index is -0.185. The Balaban J connectivity index is 2.73. The highest BCUT2D eigenvalue weighted by atomic mass is 16.5. The number of rotatable bonds is 9. The maximum absolute atomic E-state index is 11.4. The van der Waals surface area contributed by atoms with Gasteiger partial charge in [0, 0.05) is 26.9 Å². The molecule has 0 saturated heterocycles. The fraction of sp³-hybridized carbons (Fsp3) is 0.500. The molecule has 0 aliphatic heterocycles. The zero-order valence-corrected chi connectivity index (χ0v) is 12.9. The molecule has 0 aliphatic carbocycles. The van der Waals surface area contributed by atoms with Crippen molar-refractivity contribution < 1.29 is 19.1 Å². The fourth-order valence-electron chi connectivity index (χ4n) is 1.89. The normalized spacial score (nSPS) is 10.0. The van der Waals surface area contributed by atoms with E-state index in [4.69, 9.17) is 9.47 Å². The quantitative estimate of drug-likeness (QED) is 0.397. The van der Waals surface area contributed by atoms with Gasteiger partial charge in [0.05, 0.1) is 18.9 Å². The Kier molecular flexibility index (Phi) is 7.29. The highest BCUT2D eigenvalue weighted by Gasteiger charge is 2.09. The molecule has 0 bridgehead atoms. The van der Waals surface area contributed by atoms with Gasteiger partial charge in [-0.15, -0.1) is 0 Å². The van der Waals surface area contributed by atoms with Gasteiger partial charge in [0.1, 0.15) is 12.0 Å². The molecule has 0 aliphatic rings. The van der Waals surface area contributed by atoms with Crippen LogP contribution in [0, 0.1) is 0 Å². The van der Waals surface area contributed by atoms with Crippen molar-refractivity contribution in [2.24, 2.45) is 0 Å². The molecule has 1 aromatic rings. The number of nitrogens with zero attached hydrogens (tertiary/aromatic N) is 1. The lowest BCUT2D eigenvalue weighted by atomic mass is 10.1. The molecule has 0 atom stereocenters. The number of esters is 1. The molecule has 5 heteroatoms. The average Bonchev–Trinajstić information content (AvgIpc) is 2.46. The maximum Gasteiger partial charge on any atom is 0.306 e. The second kappa shape index (κ2) is 9.00. The molecule has 1 aromatic carbocycles. The summed E-state index contributed by atoms with van der Waals surface area (Å²) in [6.45, 7) is 2.57. The molecule has 0 radical (unpaired) electrons. The Morgan fingerprint density at radius 1 is 1.33 bits per heavy atom. The summed E-state index contributed by atoms with van der Waals surface area (Å²) in [6.07, 6.45) is 2.21. The van der Waals surface area contributed by atoms with E-state index in [0.29, 0.717) is 32.5 Å². The van der Waals surface area contributed by atoms with Crippen LogP contribution in [-0.4, -0.2) is 39.6 Å². The fourth-order valence-corrected chi connectivity index (χ4v) is 1.89. The lowest BCUT2D eigenvalue weighted by molar-refractivity contribution is -0.143. The van der Waals surface area contributed by atoms with E-state index in [-0.39, 0.29) is 5.97 Å². The van der Waals surface area contributed by atoms with E-state index in [1.807, 2.05) is 37.2 Å². The number of anilines is 1. The van der Waals surface area contributed by atoms with E-state index in [9.17, 15) is 9.59 Å². The van der Waals surface area contributed by atoms with Gasteiger partial charge in [-0.3, -0.25) is 4.79 Å². The van der Waals surface area contributed by atoms with E-state index < -0.39 is 0 Å². The van der Waals surface area contributed by atoms with E-state index in [1.165, 1.54) is 0 Å². The minimum Gasteiger partial charge on any atom is -0.491 e. The average molecular weight is 293 g/mol. The van der Waals surface area contributed by atoms with Gasteiger partial charge in [-0.25, -0.2) is 0 Å². The number of ether oxygens (including phenoxy) is 2. The van der Waals surface area contributed by atoms with Gasteiger partial charge >= 0.3 is 5.97 Å². The Hall–Kier alpha value is -2.04. The molecule has 0 aromatic heterocycles. The van der Waals surface area contributed by atoms with Crippen LogP contribution in [0.2, 0.25) is 0 Å². The number of carbonyl (C=O) groups is 2. The molecule has 21 heavy (non-hydrogen) atoms. The van der Waals surface area contributed by atoms with Crippen LogP contribution in [0.15, 0.2) is 18.2 Å². The third-order valence-corrected chi connectivity index (χ3v) is 2.92. The number of carbonyl (C=O) groups excluding carboxylic acids is 2. The lowest BCUT2D eigenvalue weighted by Crippen LogP contribution is -2.12. The molecule has 0 amide bonds. The molecule has 5 nitrogen and oxygen atoms in total. The summed E-state index contributed by atoms with van der Waals surface area (Å²) in [5.41, 5.74) is 1.98. The topological polar surface area (TPSA) is 55.8 Å². The number of hydrogen-bond acceptors (Lipinski definition) is 5. The van der Waals surface area contributed by atoms with Crippen molar-refractivity contribution in [3.05, 3.63) is 23.8 Å². The largest absolute Gasteiger partial charge is 0.491 e. The molecular weight excluding hydrogens is 270 g/mol. The summed E-state index contributed by atoms with van der Waals surface area (Å²) in [7, 11) is 3.86. The van der Waals surface area contributed by atoms with E-state index in [1.54, 1.807) is 6.92 Å². The molecule has 0 unspecified atom stereocenters. The molecule has 1 rings (SSSR count). The number of benzene rings is 1. The van der Waals surface area contributed by atoms with E-state index >= 15 is 0 Å². The molecular formula is C16H23NO4. The van der Waals surface area contributed by atoms with Crippen LogP contribution < -0.4 is 9.64 Å². The van der Waals surface area contributed by atoms with Crippen LogP contribution in [0.5, 0.6) is 5.75 Å². The molecule has 0 fully saturated rings. The molecule has 0 spiro atoms. The zero-order valence-electron chi connectivity index (χ0n) is 12.9. The molecule has 0 saturated carbocycles. The van der Waals surface area contributed by atoms with Crippen molar-refractivity contribution in [2.75, 3.05) is 32.2 Å². The highest BCUT2D eigenvalue weighted by molar-refractivity contribution is 5.70. The van der Waals surface area contributed by atoms with Crippen molar-refractivity contribution in [3.8, 4) is 5.75 Å². The van der Waals surface area contributed by atoms with Gasteiger partial charge in [-0.1, -0.05) is 6.07 Å². The Morgan fingerprint density at radius 2 is 2.10 bits per heavy atom. The Labute approximate surface area is 125 Å². The third-order valence-electron chi connectivity index (χ3n) is 2.92. The Morgan fingerprint density at radius 3 is 2.71 bits per heavy atom. The van der Waals surface area contributed by atoms with Crippen LogP contribution in [0.4, 0.5) is 5.69 Å². The van der Waals surface area contributed by atoms with Gasteiger partial charge in [0.25, 0.3) is 0 Å². The van der Waals surface area contributed by atoms with Crippen molar-refractivity contribution in [1.29, 1.82) is 0 Å². The van der Waals surface area contributed by atoms with Crippen LogP contribution >= 0.6 is 0 Å². The summed E-state index contributed by atoms with van der Waals surface area (Å²) in [5, 5.41) is 0. The molecule has 0 N–H and O–H groups in total. The van der Waals surface area contributed by atoms with E-state index in [0.717, 1.165) is 23.3 Å². The minimum absolute atomic E-state index is 0.185. The zero-order chi connectivity index (χ0) is 15.7. The van der Waals surface area contributed by atoms with Gasteiger partial charge in [0.2, 0.25) is 0 Å². The Bertz CT molecular complexity index is 471. The SMILES string of the molecule is CCOC(=O)CCc1ccc(OCCC=O)c(N(C)C)c1. The summed E-state index contributed by atoms with van der Waals surface area (Å²) in [4.78, 5) is 23.7. The first kappa shape index (κ1) is 17.0. The van der Waals surface area contributed by atoms with Crippen molar-refractivity contribution in [2.45, 2.75) is 26.2 Å². The first-order valence-corrected chi connectivity index (χ1v) is 7.10. The van der Waals surface area contributed by atoms with Gasteiger partial charge in [0.15, 0.2) is 0 Å². The first-order valence-electron chi connectivity index (χ1n) is 7.10. The number of aldehydes is 1. The van der Waals surface area contributed by atoms with Gasteiger partial charge < -0.3 is 19.2 Å². The smallest absolute Gasteiger partial charge is 0.306 e. The van der Waals surface area contributed by atoms with Crippen LogP contribution in [0.3, 0.4) is 0 Å². The summed E-state index contributed by atoms with van der Waals surface area (Å²) >= 11 is 0. The summed E-state index contributed by atoms with van der Waals surface area (Å²) in [6, 6.07) is 5.80. The summed E-state index contributed by atoms with van der Waals surface area (Å²) < 4.78 is 10.5. The second-order valence-corrected chi connectivity index (χ2v) is 4.81. The van der Waals surface area contributed by atoms with Crippen LogP contribution in [0.25, 0.3) is 0 Å². The highest BCUT2D eigenvalue weighted by Crippen LogP contribution is 2.28.